The van der Waals surface area contributed by atoms with Crippen molar-refractivity contribution in [2.24, 2.45) is 0 Å². The summed E-state index contributed by atoms with van der Waals surface area (Å²) < 4.78 is 27.8. The third-order valence-electron chi connectivity index (χ3n) is 4.91. The number of anilines is 1. The van der Waals surface area contributed by atoms with Crippen molar-refractivity contribution in [2.75, 3.05) is 18.5 Å². The molecule has 1 amide bonds. The largest absolute Gasteiger partial charge is 0.486 e. The van der Waals surface area contributed by atoms with E-state index in [1.165, 1.54) is 6.92 Å². The monoisotopic (exact) mass is 439 g/mol. The molecule has 0 unspecified atom stereocenters. The number of benzene rings is 2. The molecule has 8 nitrogen and oxygen atoms in total. The van der Waals surface area contributed by atoms with E-state index in [1.807, 2.05) is 32.0 Å². The molecule has 1 aliphatic heterocycles. The Kier molecular flexibility index (Phi) is 6.32. The van der Waals surface area contributed by atoms with Crippen molar-refractivity contribution in [2.45, 2.75) is 39.6 Å². The highest BCUT2D eigenvalue weighted by Crippen LogP contribution is 2.33. The van der Waals surface area contributed by atoms with Gasteiger partial charge in [-0.3, -0.25) is 4.79 Å². The summed E-state index contributed by atoms with van der Waals surface area (Å²) in [5, 5.41) is 3.49. The quantitative estimate of drug-likeness (QED) is 0.548. The van der Waals surface area contributed by atoms with Gasteiger partial charge in [-0.05, 0) is 39.0 Å². The van der Waals surface area contributed by atoms with Gasteiger partial charge in [0.2, 0.25) is 5.76 Å². The summed E-state index contributed by atoms with van der Waals surface area (Å²) in [5.74, 6) is -0.00384. The van der Waals surface area contributed by atoms with E-state index >= 15 is 0 Å². The fourth-order valence-electron chi connectivity index (χ4n) is 3.29. The molecule has 0 aliphatic carbocycles. The van der Waals surface area contributed by atoms with Crippen LogP contribution in [0.25, 0.3) is 11.0 Å². The molecule has 0 saturated heterocycles. The van der Waals surface area contributed by atoms with Gasteiger partial charge in [0.15, 0.2) is 17.6 Å². The number of ether oxygens (including phenoxy) is 4. The van der Waals surface area contributed by atoms with Gasteiger partial charge in [0, 0.05) is 22.7 Å². The molecule has 32 heavy (non-hydrogen) atoms. The van der Waals surface area contributed by atoms with Crippen LogP contribution in [0.1, 0.15) is 36.9 Å². The van der Waals surface area contributed by atoms with Crippen LogP contribution in [0.15, 0.2) is 46.9 Å². The molecular weight excluding hydrogens is 414 g/mol. The van der Waals surface area contributed by atoms with Crippen LogP contribution in [-0.4, -0.2) is 37.3 Å². The number of nitrogens with one attached hydrogen (secondary N) is 1. The second-order valence-electron chi connectivity index (χ2n) is 7.66. The minimum absolute atomic E-state index is 0.0248. The zero-order chi connectivity index (χ0) is 22.7. The van der Waals surface area contributed by atoms with Crippen LogP contribution in [0.2, 0.25) is 0 Å². The number of amides is 1. The number of para-hydroxylation sites is 1. The number of hydrogen-bond donors (Lipinski definition) is 1. The van der Waals surface area contributed by atoms with Crippen LogP contribution in [0.4, 0.5) is 5.69 Å². The standard InChI is InChI=1S/C24H25NO7/c1-14(2)30-13-18-17-6-4-5-7-19(17)32-22(18)24(27)31-15(3)23(26)25-16-8-9-20-21(12-16)29-11-10-28-20/h4-9,12,14-15H,10-11,13H2,1-3H3,(H,25,26)/t15-/m0/s1. The van der Waals surface area contributed by atoms with Crippen molar-refractivity contribution in [3.8, 4) is 11.5 Å². The van der Waals surface area contributed by atoms with Crippen LogP contribution in [0.5, 0.6) is 11.5 Å². The van der Waals surface area contributed by atoms with Gasteiger partial charge in [-0.2, -0.15) is 0 Å². The topological polar surface area (TPSA) is 96.2 Å². The van der Waals surface area contributed by atoms with E-state index in [9.17, 15) is 9.59 Å². The van der Waals surface area contributed by atoms with Gasteiger partial charge >= 0.3 is 5.97 Å². The Morgan fingerprint density at radius 3 is 2.56 bits per heavy atom. The Labute approximate surface area is 185 Å². The van der Waals surface area contributed by atoms with E-state index in [1.54, 1.807) is 24.3 Å². The molecule has 1 aliphatic rings. The summed E-state index contributed by atoms with van der Waals surface area (Å²) in [5.41, 5.74) is 1.66. The van der Waals surface area contributed by atoms with E-state index in [4.69, 9.17) is 23.4 Å². The van der Waals surface area contributed by atoms with Crippen molar-refractivity contribution in [3.63, 3.8) is 0 Å². The lowest BCUT2D eigenvalue weighted by Crippen LogP contribution is -2.30. The SMILES string of the molecule is CC(C)OCc1c(C(=O)O[C@@H](C)C(=O)Nc2ccc3c(c2)OCCO3)oc2ccccc12. The first-order chi connectivity index (χ1) is 15.4. The smallest absolute Gasteiger partial charge is 0.375 e. The van der Waals surface area contributed by atoms with E-state index in [2.05, 4.69) is 5.32 Å². The summed E-state index contributed by atoms with van der Waals surface area (Å²) in [6, 6.07) is 12.4. The van der Waals surface area contributed by atoms with E-state index in [-0.39, 0.29) is 18.5 Å². The van der Waals surface area contributed by atoms with Gasteiger partial charge < -0.3 is 28.7 Å². The highest BCUT2D eigenvalue weighted by molar-refractivity contribution is 5.99. The maximum Gasteiger partial charge on any atom is 0.375 e. The third kappa shape index (κ3) is 4.70. The Bertz CT molecular complexity index is 1130. The first-order valence-electron chi connectivity index (χ1n) is 10.5. The van der Waals surface area contributed by atoms with E-state index in [0.717, 1.165) is 5.39 Å². The average Bonchev–Trinajstić information content (AvgIpc) is 3.16. The van der Waals surface area contributed by atoms with Crippen molar-refractivity contribution in [3.05, 3.63) is 53.8 Å². The zero-order valence-electron chi connectivity index (χ0n) is 18.2. The number of esters is 1. The molecule has 4 rings (SSSR count). The molecule has 1 N–H and O–H groups in total. The number of furan rings is 1. The summed E-state index contributed by atoms with van der Waals surface area (Å²) in [6.07, 6.45) is -1.08. The summed E-state index contributed by atoms with van der Waals surface area (Å²) in [7, 11) is 0. The molecule has 0 saturated carbocycles. The third-order valence-corrected chi connectivity index (χ3v) is 4.91. The van der Waals surface area contributed by atoms with Crippen LogP contribution < -0.4 is 14.8 Å². The molecule has 168 valence electrons. The van der Waals surface area contributed by atoms with E-state index < -0.39 is 18.0 Å². The Morgan fingerprint density at radius 1 is 1.03 bits per heavy atom. The Morgan fingerprint density at radius 2 is 1.78 bits per heavy atom. The number of hydrogen-bond acceptors (Lipinski definition) is 7. The van der Waals surface area contributed by atoms with Crippen molar-refractivity contribution < 1.29 is 33.0 Å². The number of carbonyl (C=O) groups is 2. The normalized spacial score (nSPS) is 13.8. The molecule has 2 heterocycles. The van der Waals surface area contributed by atoms with Gasteiger partial charge in [0.25, 0.3) is 5.91 Å². The van der Waals surface area contributed by atoms with Gasteiger partial charge in [-0.25, -0.2) is 4.79 Å². The van der Waals surface area contributed by atoms with Crippen LogP contribution >= 0.6 is 0 Å². The fraction of sp³-hybridized carbons (Fsp3) is 0.333. The lowest BCUT2D eigenvalue weighted by molar-refractivity contribution is -0.123. The van der Waals surface area contributed by atoms with E-state index in [0.29, 0.717) is 41.5 Å². The molecule has 1 atom stereocenters. The van der Waals surface area contributed by atoms with Gasteiger partial charge in [0.05, 0.1) is 12.7 Å². The number of carbonyl (C=O) groups excluding carboxylic acids is 2. The van der Waals surface area contributed by atoms with Gasteiger partial charge in [-0.1, -0.05) is 18.2 Å². The highest BCUT2D eigenvalue weighted by atomic mass is 16.6. The Balaban J connectivity index is 1.46. The predicted octanol–water partition coefficient (Wildman–Crippen LogP) is 4.31. The first kappa shape index (κ1) is 21.7. The van der Waals surface area contributed by atoms with Crippen LogP contribution in [0, 0.1) is 0 Å². The first-order valence-corrected chi connectivity index (χ1v) is 10.5. The van der Waals surface area contributed by atoms with Crippen molar-refractivity contribution in [1.82, 2.24) is 0 Å². The van der Waals surface area contributed by atoms with Crippen molar-refractivity contribution >= 4 is 28.5 Å². The summed E-state index contributed by atoms with van der Waals surface area (Å²) in [4.78, 5) is 25.5. The van der Waals surface area contributed by atoms with Crippen LogP contribution in [-0.2, 0) is 20.9 Å². The van der Waals surface area contributed by atoms with Gasteiger partial charge in [0.1, 0.15) is 18.8 Å². The summed E-state index contributed by atoms with van der Waals surface area (Å²) in [6.45, 7) is 6.43. The summed E-state index contributed by atoms with van der Waals surface area (Å²) >= 11 is 0. The molecule has 1 aromatic heterocycles. The highest BCUT2D eigenvalue weighted by Gasteiger charge is 2.26. The van der Waals surface area contributed by atoms with Crippen molar-refractivity contribution in [1.29, 1.82) is 0 Å². The fourth-order valence-corrected chi connectivity index (χ4v) is 3.29. The second-order valence-corrected chi connectivity index (χ2v) is 7.66. The zero-order valence-corrected chi connectivity index (χ0v) is 18.2. The number of rotatable bonds is 7. The average molecular weight is 439 g/mol. The molecule has 3 aromatic rings. The Hall–Kier alpha value is -3.52. The van der Waals surface area contributed by atoms with Gasteiger partial charge in [-0.15, -0.1) is 0 Å². The minimum Gasteiger partial charge on any atom is -0.486 e. The molecule has 0 bridgehead atoms. The maximum atomic E-state index is 12.9. The second kappa shape index (κ2) is 9.32. The predicted molar refractivity (Wildman–Crippen MR) is 117 cm³/mol. The lowest BCUT2D eigenvalue weighted by atomic mass is 10.1. The molecule has 2 aromatic carbocycles. The maximum absolute atomic E-state index is 12.9. The molecule has 8 heteroatoms. The molecule has 0 fully saturated rings. The molecular formula is C24H25NO7. The lowest BCUT2D eigenvalue weighted by Gasteiger charge is -2.19. The minimum atomic E-state index is -1.05. The molecule has 0 spiro atoms. The van der Waals surface area contributed by atoms with Crippen LogP contribution in [0.3, 0.4) is 0 Å². The number of fused-ring (bicyclic) bond motifs is 2. The molecule has 0 radical (unpaired) electrons.